The molecule has 0 aliphatic heterocycles. The molecule has 1 aromatic rings. The first-order valence-electron chi connectivity index (χ1n) is 5.98. The van der Waals surface area contributed by atoms with Gasteiger partial charge in [-0.1, -0.05) is 45.0 Å². The van der Waals surface area contributed by atoms with Crippen LogP contribution in [0.1, 0.15) is 56.5 Å². The quantitative estimate of drug-likeness (QED) is 0.565. The summed E-state index contributed by atoms with van der Waals surface area (Å²) < 4.78 is 0. The van der Waals surface area contributed by atoms with Gasteiger partial charge in [-0.15, -0.1) is 11.8 Å². The molecule has 0 amide bonds. The van der Waals surface area contributed by atoms with Gasteiger partial charge in [0.05, 0.1) is 0 Å². The molecule has 0 N–H and O–H groups in total. The highest BCUT2D eigenvalue weighted by molar-refractivity contribution is 5.96. The molecule has 0 bridgehead atoms. The third-order valence-corrected chi connectivity index (χ3v) is 2.73. The highest BCUT2D eigenvalue weighted by Gasteiger charge is 2.13. The largest absolute Gasteiger partial charge is 0.294 e. The minimum atomic E-state index is 0.134. The van der Waals surface area contributed by atoms with Crippen molar-refractivity contribution in [3.05, 3.63) is 35.4 Å². The number of ketones is 1. The molecule has 0 heterocycles. The zero-order valence-corrected chi connectivity index (χ0v) is 11.1. The van der Waals surface area contributed by atoms with Crippen LogP contribution in [0.4, 0.5) is 0 Å². The molecule has 1 heteroatoms. The Morgan fingerprint density at radius 2 is 1.76 bits per heavy atom. The van der Waals surface area contributed by atoms with E-state index in [9.17, 15) is 4.79 Å². The molecular formula is C16H20O. The van der Waals surface area contributed by atoms with Crippen LogP contribution in [0.15, 0.2) is 24.3 Å². The van der Waals surface area contributed by atoms with Gasteiger partial charge in [-0.2, -0.15) is 0 Å². The summed E-state index contributed by atoms with van der Waals surface area (Å²) in [6, 6.07) is 7.92. The van der Waals surface area contributed by atoms with E-state index in [1.54, 1.807) is 6.92 Å². The summed E-state index contributed by atoms with van der Waals surface area (Å²) in [5, 5.41) is 0. The van der Waals surface area contributed by atoms with Gasteiger partial charge < -0.3 is 0 Å². The van der Waals surface area contributed by atoms with Crippen LogP contribution in [-0.2, 0) is 5.41 Å². The maximum atomic E-state index is 11.8. The molecule has 0 aromatic heterocycles. The number of Topliss-reactive ketones (excluding diaryl/α,β-unsaturated/α-hetero) is 1. The maximum Gasteiger partial charge on any atom is 0.163 e. The van der Waals surface area contributed by atoms with E-state index in [0.717, 1.165) is 5.56 Å². The number of carbonyl (C=O) groups is 1. The molecule has 0 spiro atoms. The van der Waals surface area contributed by atoms with Crippen LogP contribution in [0, 0.1) is 11.8 Å². The van der Waals surface area contributed by atoms with E-state index in [2.05, 4.69) is 32.6 Å². The number of rotatable bonds is 3. The third-order valence-electron chi connectivity index (χ3n) is 2.73. The summed E-state index contributed by atoms with van der Waals surface area (Å²) in [6.07, 6.45) is 1.16. The van der Waals surface area contributed by atoms with Crippen molar-refractivity contribution in [3.63, 3.8) is 0 Å². The SMILES string of the molecule is CC#CCCC(=O)c1ccc(C(C)(C)C)cc1. The van der Waals surface area contributed by atoms with Crippen LogP contribution in [-0.4, -0.2) is 5.78 Å². The molecule has 1 rings (SSSR count). The molecule has 1 nitrogen and oxygen atoms in total. The van der Waals surface area contributed by atoms with Gasteiger partial charge in [0.1, 0.15) is 0 Å². The van der Waals surface area contributed by atoms with E-state index < -0.39 is 0 Å². The second kappa shape index (κ2) is 5.68. The topological polar surface area (TPSA) is 17.1 Å². The first-order valence-corrected chi connectivity index (χ1v) is 5.98. The Morgan fingerprint density at radius 3 is 2.24 bits per heavy atom. The minimum absolute atomic E-state index is 0.134. The standard InChI is InChI=1S/C16H20O/c1-5-6-7-8-15(17)13-9-11-14(12-10-13)16(2,3)4/h9-12H,7-8H2,1-4H3. The monoisotopic (exact) mass is 228 g/mol. The third kappa shape index (κ3) is 4.07. The Labute approximate surface area is 104 Å². The van der Waals surface area contributed by atoms with Gasteiger partial charge >= 0.3 is 0 Å². The van der Waals surface area contributed by atoms with Crippen molar-refractivity contribution >= 4 is 5.78 Å². The van der Waals surface area contributed by atoms with E-state index in [-0.39, 0.29) is 11.2 Å². The molecule has 0 unspecified atom stereocenters. The van der Waals surface area contributed by atoms with Crippen LogP contribution in [0.3, 0.4) is 0 Å². The summed E-state index contributed by atoms with van der Waals surface area (Å²) in [7, 11) is 0. The summed E-state index contributed by atoms with van der Waals surface area (Å²) in [6.45, 7) is 8.30. The Balaban J connectivity index is 2.73. The number of hydrogen-bond acceptors (Lipinski definition) is 1. The average molecular weight is 228 g/mol. The summed E-state index contributed by atoms with van der Waals surface area (Å²) >= 11 is 0. The lowest BCUT2D eigenvalue weighted by Crippen LogP contribution is -2.11. The normalized spacial score (nSPS) is 10.6. The van der Waals surface area contributed by atoms with E-state index >= 15 is 0 Å². The van der Waals surface area contributed by atoms with Crippen LogP contribution in [0.25, 0.3) is 0 Å². The molecule has 17 heavy (non-hydrogen) atoms. The summed E-state index contributed by atoms with van der Waals surface area (Å²) in [4.78, 5) is 11.8. The molecule has 0 radical (unpaired) electrons. The zero-order chi connectivity index (χ0) is 12.9. The van der Waals surface area contributed by atoms with Gasteiger partial charge in [0.25, 0.3) is 0 Å². The zero-order valence-electron chi connectivity index (χ0n) is 11.1. The van der Waals surface area contributed by atoms with Gasteiger partial charge in [-0.25, -0.2) is 0 Å². The van der Waals surface area contributed by atoms with Crippen molar-refractivity contribution in [2.24, 2.45) is 0 Å². The van der Waals surface area contributed by atoms with E-state index in [1.165, 1.54) is 5.56 Å². The van der Waals surface area contributed by atoms with Gasteiger partial charge in [-0.3, -0.25) is 4.79 Å². The van der Waals surface area contributed by atoms with Gasteiger partial charge in [0.15, 0.2) is 5.78 Å². The molecule has 1 aromatic carbocycles. The lowest BCUT2D eigenvalue weighted by atomic mass is 9.86. The number of carbonyl (C=O) groups excluding carboxylic acids is 1. The second-order valence-electron chi connectivity index (χ2n) is 5.18. The van der Waals surface area contributed by atoms with Crippen LogP contribution in [0.5, 0.6) is 0 Å². The fraction of sp³-hybridized carbons (Fsp3) is 0.438. The van der Waals surface area contributed by atoms with Crippen molar-refractivity contribution in [1.82, 2.24) is 0 Å². The molecule has 0 fully saturated rings. The molecule has 0 aliphatic rings. The lowest BCUT2D eigenvalue weighted by Gasteiger charge is -2.18. The molecule has 0 saturated carbocycles. The molecule has 0 aliphatic carbocycles. The van der Waals surface area contributed by atoms with Crippen molar-refractivity contribution in [1.29, 1.82) is 0 Å². The highest BCUT2D eigenvalue weighted by Crippen LogP contribution is 2.22. The second-order valence-corrected chi connectivity index (χ2v) is 5.18. The van der Waals surface area contributed by atoms with Gasteiger partial charge in [0.2, 0.25) is 0 Å². The van der Waals surface area contributed by atoms with Crippen molar-refractivity contribution in [3.8, 4) is 11.8 Å². The Kier molecular flexibility index (Phi) is 4.52. The highest BCUT2D eigenvalue weighted by atomic mass is 16.1. The van der Waals surface area contributed by atoms with Gasteiger partial charge in [0, 0.05) is 18.4 Å². The maximum absolute atomic E-state index is 11.8. The molecular weight excluding hydrogens is 208 g/mol. The first-order chi connectivity index (χ1) is 7.95. The first kappa shape index (κ1) is 13.5. The van der Waals surface area contributed by atoms with Crippen molar-refractivity contribution in [2.45, 2.75) is 46.0 Å². The predicted octanol–water partition coefficient (Wildman–Crippen LogP) is 3.97. The van der Waals surface area contributed by atoms with Crippen LogP contribution >= 0.6 is 0 Å². The Hall–Kier alpha value is -1.55. The van der Waals surface area contributed by atoms with E-state index in [0.29, 0.717) is 12.8 Å². The van der Waals surface area contributed by atoms with Crippen LogP contribution in [0.2, 0.25) is 0 Å². The Morgan fingerprint density at radius 1 is 1.18 bits per heavy atom. The minimum Gasteiger partial charge on any atom is -0.294 e. The Bertz CT molecular complexity index is 435. The number of benzene rings is 1. The van der Waals surface area contributed by atoms with Crippen LogP contribution < -0.4 is 0 Å². The van der Waals surface area contributed by atoms with Crippen molar-refractivity contribution in [2.75, 3.05) is 0 Å². The summed E-state index contributed by atoms with van der Waals surface area (Å²) in [5.74, 6) is 5.89. The fourth-order valence-corrected chi connectivity index (χ4v) is 1.60. The number of hydrogen-bond donors (Lipinski definition) is 0. The van der Waals surface area contributed by atoms with E-state index in [4.69, 9.17) is 0 Å². The lowest BCUT2D eigenvalue weighted by molar-refractivity contribution is 0.0984. The average Bonchev–Trinajstić information content (AvgIpc) is 2.28. The predicted molar refractivity (Wildman–Crippen MR) is 72.2 cm³/mol. The molecule has 0 atom stereocenters. The smallest absolute Gasteiger partial charge is 0.163 e. The summed E-state index contributed by atoms with van der Waals surface area (Å²) in [5.41, 5.74) is 2.17. The fourth-order valence-electron chi connectivity index (χ4n) is 1.60. The van der Waals surface area contributed by atoms with E-state index in [1.807, 2.05) is 24.3 Å². The molecule has 0 saturated heterocycles. The van der Waals surface area contributed by atoms with Crippen molar-refractivity contribution < 1.29 is 4.79 Å². The molecule has 90 valence electrons. The van der Waals surface area contributed by atoms with Gasteiger partial charge in [-0.05, 0) is 17.9 Å².